The zero-order valence-electron chi connectivity index (χ0n) is 6.81. The van der Waals surface area contributed by atoms with Gasteiger partial charge in [-0.25, -0.2) is 0 Å². The van der Waals surface area contributed by atoms with Gasteiger partial charge in [0, 0.05) is 6.54 Å². The summed E-state index contributed by atoms with van der Waals surface area (Å²) in [5.74, 6) is 0.0203. The minimum absolute atomic E-state index is 0.0203. The van der Waals surface area contributed by atoms with Crippen LogP contribution in [-0.4, -0.2) is 18.5 Å². The van der Waals surface area contributed by atoms with Crippen molar-refractivity contribution in [3.8, 4) is 0 Å². The maximum atomic E-state index is 11.1. The lowest BCUT2D eigenvalue weighted by molar-refractivity contribution is -0.122. The summed E-state index contributed by atoms with van der Waals surface area (Å²) in [4.78, 5) is 11.1. The molecule has 3 heteroatoms. The highest BCUT2D eigenvalue weighted by atomic mass is 16.2. The molecule has 11 heavy (non-hydrogen) atoms. The zero-order chi connectivity index (χ0) is 8.10. The van der Waals surface area contributed by atoms with E-state index < -0.39 is 0 Å². The monoisotopic (exact) mass is 156 g/mol. The van der Waals surface area contributed by atoms with E-state index in [0.717, 1.165) is 25.8 Å². The van der Waals surface area contributed by atoms with Crippen molar-refractivity contribution in [2.45, 2.75) is 38.1 Å². The lowest BCUT2D eigenvalue weighted by Crippen LogP contribution is -2.40. The highest BCUT2D eigenvalue weighted by Gasteiger charge is 2.13. The van der Waals surface area contributed by atoms with Gasteiger partial charge in [-0.05, 0) is 12.8 Å². The van der Waals surface area contributed by atoms with Gasteiger partial charge in [0.2, 0.25) is 5.91 Å². The summed E-state index contributed by atoms with van der Waals surface area (Å²) in [7, 11) is 0. The first-order valence-electron chi connectivity index (χ1n) is 4.34. The standard InChI is InChI=1S/C8H16N2O/c9-7-5-3-1-2-4-6-10-8(7)11/h7H,1-6,9H2,(H,10,11)/t7-/m0/s1. The highest BCUT2D eigenvalue weighted by molar-refractivity contribution is 5.81. The smallest absolute Gasteiger partial charge is 0.236 e. The molecule has 0 aromatic rings. The molecule has 0 aromatic heterocycles. The number of amides is 1. The van der Waals surface area contributed by atoms with Crippen LogP contribution in [0, 0.1) is 0 Å². The molecule has 0 spiro atoms. The van der Waals surface area contributed by atoms with Gasteiger partial charge in [0.1, 0.15) is 0 Å². The molecule has 1 heterocycles. The van der Waals surface area contributed by atoms with Gasteiger partial charge in [0.05, 0.1) is 6.04 Å². The molecule has 64 valence electrons. The first-order chi connectivity index (χ1) is 5.30. The SMILES string of the molecule is N[C@H]1CCCCCCNC1=O. The molecule has 3 nitrogen and oxygen atoms in total. The molecule has 1 aliphatic rings. The molecule has 0 bridgehead atoms. The Hall–Kier alpha value is -0.570. The molecule has 3 N–H and O–H groups in total. The van der Waals surface area contributed by atoms with Crippen molar-refractivity contribution >= 4 is 5.91 Å². The van der Waals surface area contributed by atoms with Crippen LogP contribution in [0.4, 0.5) is 0 Å². The van der Waals surface area contributed by atoms with Gasteiger partial charge in [0.25, 0.3) is 0 Å². The fourth-order valence-electron chi connectivity index (χ4n) is 1.32. The number of carbonyl (C=O) groups excluding carboxylic acids is 1. The Morgan fingerprint density at radius 2 is 2.00 bits per heavy atom. The average molecular weight is 156 g/mol. The number of rotatable bonds is 0. The molecule has 1 fully saturated rings. The first-order valence-corrected chi connectivity index (χ1v) is 4.34. The van der Waals surface area contributed by atoms with E-state index in [2.05, 4.69) is 5.32 Å². The van der Waals surface area contributed by atoms with Crippen LogP contribution in [-0.2, 0) is 4.79 Å². The molecule has 1 rings (SSSR count). The molecule has 1 saturated heterocycles. The van der Waals surface area contributed by atoms with Gasteiger partial charge < -0.3 is 11.1 Å². The summed E-state index contributed by atoms with van der Waals surface area (Å²) in [5, 5.41) is 2.81. The highest BCUT2D eigenvalue weighted by Crippen LogP contribution is 2.06. The van der Waals surface area contributed by atoms with Crippen molar-refractivity contribution in [1.82, 2.24) is 5.32 Å². The third-order valence-corrected chi connectivity index (χ3v) is 2.08. The number of hydrogen-bond acceptors (Lipinski definition) is 2. The van der Waals surface area contributed by atoms with E-state index in [0.29, 0.717) is 0 Å². The summed E-state index contributed by atoms with van der Waals surface area (Å²) < 4.78 is 0. The van der Waals surface area contributed by atoms with Crippen LogP contribution in [0.3, 0.4) is 0 Å². The maximum Gasteiger partial charge on any atom is 0.236 e. The topological polar surface area (TPSA) is 55.1 Å². The molecule has 0 unspecified atom stereocenters. The minimum atomic E-state index is -0.270. The van der Waals surface area contributed by atoms with Gasteiger partial charge in [0.15, 0.2) is 0 Å². The third-order valence-electron chi connectivity index (χ3n) is 2.08. The Balaban J connectivity index is 2.35. The molecule has 0 saturated carbocycles. The molecule has 1 amide bonds. The Morgan fingerprint density at radius 3 is 2.82 bits per heavy atom. The van der Waals surface area contributed by atoms with E-state index in [1.54, 1.807) is 0 Å². The Bertz CT molecular complexity index is 136. The van der Waals surface area contributed by atoms with Gasteiger partial charge in [-0.15, -0.1) is 0 Å². The predicted octanol–water partition coefficient (Wildman–Crippen LogP) is 0.394. The van der Waals surface area contributed by atoms with Crippen molar-refractivity contribution in [1.29, 1.82) is 0 Å². The van der Waals surface area contributed by atoms with E-state index in [1.165, 1.54) is 12.8 Å². The van der Waals surface area contributed by atoms with Crippen molar-refractivity contribution in [3.63, 3.8) is 0 Å². The molecular formula is C8H16N2O. The van der Waals surface area contributed by atoms with Crippen molar-refractivity contribution < 1.29 is 4.79 Å². The quantitative estimate of drug-likeness (QED) is 0.533. The molecule has 1 aliphatic heterocycles. The van der Waals surface area contributed by atoms with Gasteiger partial charge >= 0.3 is 0 Å². The fourth-order valence-corrected chi connectivity index (χ4v) is 1.32. The predicted molar refractivity (Wildman–Crippen MR) is 44.1 cm³/mol. The van der Waals surface area contributed by atoms with Crippen LogP contribution in [0.1, 0.15) is 32.1 Å². The van der Waals surface area contributed by atoms with Crippen LogP contribution in [0.2, 0.25) is 0 Å². The normalized spacial score (nSPS) is 28.1. The molecule has 0 radical (unpaired) electrons. The van der Waals surface area contributed by atoms with E-state index in [4.69, 9.17) is 5.73 Å². The van der Waals surface area contributed by atoms with Crippen molar-refractivity contribution in [2.24, 2.45) is 5.73 Å². The van der Waals surface area contributed by atoms with Crippen LogP contribution in [0.15, 0.2) is 0 Å². The van der Waals surface area contributed by atoms with E-state index in [-0.39, 0.29) is 11.9 Å². The summed E-state index contributed by atoms with van der Waals surface area (Å²) in [6, 6.07) is -0.270. The summed E-state index contributed by atoms with van der Waals surface area (Å²) in [5.41, 5.74) is 5.61. The van der Waals surface area contributed by atoms with Crippen LogP contribution in [0.5, 0.6) is 0 Å². The summed E-state index contributed by atoms with van der Waals surface area (Å²) >= 11 is 0. The molecular weight excluding hydrogens is 140 g/mol. The van der Waals surface area contributed by atoms with E-state index in [9.17, 15) is 4.79 Å². The van der Waals surface area contributed by atoms with Gasteiger partial charge in [-0.3, -0.25) is 4.79 Å². The average Bonchev–Trinajstić information content (AvgIpc) is 2.07. The van der Waals surface area contributed by atoms with E-state index >= 15 is 0 Å². The Kier molecular flexibility index (Phi) is 3.36. The minimum Gasteiger partial charge on any atom is -0.355 e. The number of hydrogen-bond donors (Lipinski definition) is 2. The van der Waals surface area contributed by atoms with Crippen molar-refractivity contribution in [3.05, 3.63) is 0 Å². The number of nitrogens with two attached hydrogens (primary N) is 1. The Morgan fingerprint density at radius 1 is 1.27 bits per heavy atom. The Labute approximate surface area is 67.3 Å². The van der Waals surface area contributed by atoms with E-state index in [1.807, 2.05) is 0 Å². The largest absolute Gasteiger partial charge is 0.355 e. The van der Waals surface area contributed by atoms with Crippen LogP contribution in [0.25, 0.3) is 0 Å². The third kappa shape index (κ3) is 2.89. The first kappa shape index (κ1) is 8.53. The molecule has 0 aliphatic carbocycles. The number of carbonyl (C=O) groups is 1. The maximum absolute atomic E-state index is 11.1. The van der Waals surface area contributed by atoms with Crippen molar-refractivity contribution in [2.75, 3.05) is 6.54 Å². The fraction of sp³-hybridized carbons (Fsp3) is 0.875. The van der Waals surface area contributed by atoms with Crippen LogP contribution >= 0.6 is 0 Å². The summed E-state index contributed by atoms with van der Waals surface area (Å²) in [6.45, 7) is 0.798. The summed E-state index contributed by atoms with van der Waals surface area (Å²) in [6.07, 6.45) is 5.45. The second-order valence-corrected chi connectivity index (χ2v) is 3.10. The number of nitrogens with one attached hydrogen (secondary N) is 1. The lowest BCUT2D eigenvalue weighted by Gasteiger charge is -2.08. The second kappa shape index (κ2) is 4.34. The molecule has 0 aromatic carbocycles. The van der Waals surface area contributed by atoms with Gasteiger partial charge in [-0.2, -0.15) is 0 Å². The second-order valence-electron chi connectivity index (χ2n) is 3.10. The molecule has 1 atom stereocenters. The lowest BCUT2D eigenvalue weighted by atomic mass is 10.1. The zero-order valence-corrected chi connectivity index (χ0v) is 6.81. The van der Waals surface area contributed by atoms with Crippen LogP contribution < -0.4 is 11.1 Å². The van der Waals surface area contributed by atoms with Gasteiger partial charge in [-0.1, -0.05) is 19.3 Å².